The Labute approximate surface area is 117 Å². The maximum atomic E-state index is 12.4. The van der Waals surface area contributed by atoms with Crippen LogP contribution in [-0.2, 0) is 0 Å². The lowest BCUT2D eigenvalue weighted by Crippen LogP contribution is -2.45. The number of fused-ring (bicyclic) bond motifs is 1. The van der Waals surface area contributed by atoms with E-state index < -0.39 is 6.10 Å². The summed E-state index contributed by atoms with van der Waals surface area (Å²) in [6.45, 7) is 0.947. The second-order valence-corrected chi connectivity index (χ2v) is 5.26. The van der Waals surface area contributed by atoms with E-state index in [4.69, 9.17) is 9.47 Å². The Morgan fingerprint density at radius 3 is 2.85 bits per heavy atom. The number of carbonyl (C=O) groups is 1. The molecular formula is C15H19NO4. The van der Waals surface area contributed by atoms with Crippen LogP contribution in [0.25, 0.3) is 0 Å². The van der Waals surface area contributed by atoms with Gasteiger partial charge in [-0.1, -0.05) is 18.9 Å². The number of amides is 1. The molecule has 108 valence electrons. The van der Waals surface area contributed by atoms with E-state index >= 15 is 0 Å². The van der Waals surface area contributed by atoms with E-state index in [1.807, 2.05) is 0 Å². The molecule has 1 fully saturated rings. The van der Waals surface area contributed by atoms with E-state index in [0.29, 0.717) is 30.3 Å². The SMILES string of the molecule is O=C(N[C@H]1CCCC[C@@H]1O)c1cccc2c1OCCO2. The number of rotatable bonds is 2. The van der Waals surface area contributed by atoms with Gasteiger partial charge in [0.2, 0.25) is 0 Å². The molecule has 2 aliphatic rings. The van der Waals surface area contributed by atoms with Crippen LogP contribution < -0.4 is 14.8 Å². The van der Waals surface area contributed by atoms with Crippen molar-refractivity contribution in [1.29, 1.82) is 0 Å². The lowest BCUT2D eigenvalue weighted by atomic mass is 9.92. The summed E-state index contributed by atoms with van der Waals surface area (Å²) in [5.74, 6) is 0.896. The molecule has 5 heteroatoms. The van der Waals surface area contributed by atoms with Gasteiger partial charge in [0.25, 0.3) is 5.91 Å². The molecule has 1 aliphatic carbocycles. The molecular weight excluding hydrogens is 258 g/mol. The monoisotopic (exact) mass is 277 g/mol. The molecule has 1 aliphatic heterocycles. The molecule has 1 amide bonds. The van der Waals surface area contributed by atoms with Crippen LogP contribution in [0.15, 0.2) is 18.2 Å². The highest BCUT2D eigenvalue weighted by Gasteiger charge is 2.27. The van der Waals surface area contributed by atoms with Gasteiger partial charge >= 0.3 is 0 Å². The topological polar surface area (TPSA) is 67.8 Å². The third kappa shape index (κ3) is 2.58. The Balaban J connectivity index is 1.77. The van der Waals surface area contributed by atoms with E-state index in [0.717, 1.165) is 25.7 Å². The molecule has 1 heterocycles. The Kier molecular flexibility index (Phi) is 3.78. The fourth-order valence-corrected chi connectivity index (χ4v) is 2.78. The highest BCUT2D eigenvalue weighted by Crippen LogP contribution is 2.33. The first-order valence-electron chi connectivity index (χ1n) is 7.13. The van der Waals surface area contributed by atoms with Crippen molar-refractivity contribution in [1.82, 2.24) is 5.32 Å². The lowest BCUT2D eigenvalue weighted by molar-refractivity contribution is 0.0711. The number of ether oxygens (including phenoxy) is 2. The van der Waals surface area contributed by atoms with Crippen LogP contribution in [-0.4, -0.2) is 36.4 Å². The van der Waals surface area contributed by atoms with Gasteiger partial charge in [-0.15, -0.1) is 0 Å². The molecule has 0 bridgehead atoms. The van der Waals surface area contributed by atoms with Crippen molar-refractivity contribution in [3.8, 4) is 11.5 Å². The van der Waals surface area contributed by atoms with Gasteiger partial charge in [-0.25, -0.2) is 0 Å². The zero-order valence-electron chi connectivity index (χ0n) is 11.3. The molecule has 0 radical (unpaired) electrons. The highest BCUT2D eigenvalue weighted by molar-refractivity contribution is 5.98. The maximum Gasteiger partial charge on any atom is 0.255 e. The van der Waals surface area contributed by atoms with E-state index in [1.54, 1.807) is 18.2 Å². The second-order valence-electron chi connectivity index (χ2n) is 5.26. The molecule has 2 atom stereocenters. The summed E-state index contributed by atoms with van der Waals surface area (Å²) >= 11 is 0. The first-order valence-corrected chi connectivity index (χ1v) is 7.13. The number of hydrogen-bond acceptors (Lipinski definition) is 4. The molecule has 0 saturated heterocycles. The minimum atomic E-state index is -0.454. The fourth-order valence-electron chi connectivity index (χ4n) is 2.78. The molecule has 2 N–H and O–H groups in total. The van der Waals surface area contributed by atoms with Crippen molar-refractivity contribution in [3.05, 3.63) is 23.8 Å². The molecule has 1 saturated carbocycles. The van der Waals surface area contributed by atoms with Crippen LogP contribution in [0.3, 0.4) is 0 Å². The molecule has 0 unspecified atom stereocenters. The molecule has 0 spiro atoms. The van der Waals surface area contributed by atoms with Crippen molar-refractivity contribution in [2.75, 3.05) is 13.2 Å². The summed E-state index contributed by atoms with van der Waals surface area (Å²) in [7, 11) is 0. The Bertz CT molecular complexity index is 503. The quantitative estimate of drug-likeness (QED) is 0.859. The predicted octanol–water partition coefficient (Wildman–Crippen LogP) is 1.49. The van der Waals surface area contributed by atoms with Gasteiger partial charge in [0, 0.05) is 0 Å². The van der Waals surface area contributed by atoms with Crippen molar-refractivity contribution in [3.63, 3.8) is 0 Å². The fraction of sp³-hybridized carbons (Fsp3) is 0.533. The summed E-state index contributed by atoms with van der Waals surface area (Å²) in [6.07, 6.45) is 3.17. The number of aliphatic hydroxyl groups is 1. The Morgan fingerprint density at radius 1 is 1.20 bits per heavy atom. The van der Waals surface area contributed by atoms with Gasteiger partial charge in [-0.3, -0.25) is 4.79 Å². The van der Waals surface area contributed by atoms with E-state index in [9.17, 15) is 9.90 Å². The zero-order chi connectivity index (χ0) is 13.9. The Morgan fingerprint density at radius 2 is 2.00 bits per heavy atom. The predicted molar refractivity (Wildman–Crippen MR) is 73.2 cm³/mol. The third-order valence-corrected chi connectivity index (χ3v) is 3.86. The summed E-state index contributed by atoms with van der Waals surface area (Å²) < 4.78 is 11.0. The number of para-hydroxylation sites is 1. The zero-order valence-corrected chi connectivity index (χ0v) is 11.3. The van der Waals surface area contributed by atoms with Gasteiger partial charge in [0.1, 0.15) is 13.2 Å². The van der Waals surface area contributed by atoms with Crippen LogP contribution in [0.5, 0.6) is 11.5 Å². The van der Waals surface area contributed by atoms with Crippen LogP contribution in [0, 0.1) is 0 Å². The minimum absolute atomic E-state index is 0.170. The van der Waals surface area contributed by atoms with E-state index in [1.165, 1.54) is 0 Å². The van der Waals surface area contributed by atoms with Crippen molar-refractivity contribution in [2.45, 2.75) is 37.8 Å². The van der Waals surface area contributed by atoms with Crippen molar-refractivity contribution < 1.29 is 19.4 Å². The molecule has 3 rings (SSSR count). The van der Waals surface area contributed by atoms with Crippen LogP contribution in [0.1, 0.15) is 36.0 Å². The van der Waals surface area contributed by atoms with Gasteiger partial charge in [-0.05, 0) is 25.0 Å². The molecule has 1 aromatic rings. The Hall–Kier alpha value is -1.75. The first-order chi connectivity index (χ1) is 9.75. The van der Waals surface area contributed by atoms with Gasteiger partial charge < -0.3 is 19.9 Å². The van der Waals surface area contributed by atoms with Crippen molar-refractivity contribution in [2.24, 2.45) is 0 Å². The van der Waals surface area contributed by atoms with E-state index in [-0.39, 0.29) is 11.9 Å². The van der Waals surface area contributed by atoms with Crippen molar-refractivity contribution >= 4 is 5.91 Å². The summed E-state index contributed by atoms with van der Waals surface area (Å²) in [4.78, 5) is 12.4. The minimum Gasteiger partial charge on any atom is -0.486 e. The van der Waals surface area contributed by atoms with Gasteiger partial charge in [0.05, 0.1) is 17.7 Å². The van der Waals surface area contributed by atoms with E-state index in [2.05, 4.69) is 5.32 Å². The largest absolute Gasteiger partial charge is 0.486 e. The summed E-state index contributed by atoms with van der Waals surface area (Å²) in [5.41, 5.74) is 0.472. The average Bonchev–Trinajstić information content (AvgIpc) is 2.49. The number of nitrogens with one attached hydrogen (secondary N) is 1. The summed E-state index contributed by atoms with van der Waals surface area (Å²) in [6, 6.07) is 5.12. The first kappa shape index (κ1) is 13.2. The number of hydrogen-bond donors (Lipinski definition) is 2. The second kappa shape index (κ2) is 5.71. The normalized spacial score (nSPS) is 25.1. The smallest absolute Gasteiger partial charge is 0.255 e. The third-order valence-electron chi connectivity index (χ3n) is 3.86. The van der Waals surface area contributed by atoms with Crippen LogP contribution >= 0.6 is 0 Å². The summed E-state index contributed by atoms with van der Waals surface area (Å²) in [5, 5.41) is 12.8. The standard InChI is InChI=1S/C15H19NO4/c17-12-6-2-1-5-11(12)16-15(18)10-4-3-7-13-14(10)20-9-8-19-13/h3-4,7,11-12,17H,1-2,5-6,8-9H2,(H,16,18)/t11-,12-/m0/s1. The molecule has 20 heavy (non-hydrogen) atoms. The number of aliphatic hydroxyl groups excluding tert-OH is 1. The van der Waals surface area contributed by atoms with Gasteiger partial charge in [-0.2, -0.15) is 0 Å². The highest BCUT2D eigenvalue weighted by atomic mass is 16.6. The van der Waals surface area contributed by atoms with Gasteiger partial charge in [0.15, 0.2) is 11.5 Å². The number of carbonyl (C=O) groups excluding carboxylic acids is 1. The maximum absolute atomic E-state index is 12.4. The molecule has 1 aromatic carbocycles. The average molecular weight is 277 g/mol. The van der Waals surface area contributed by atoms with Crippen LogP contribution in [0.2, 0.25) is 0 Å². The molecule has 5 nitrogen and oxygen atoms in total. The molecule has 0 aromatic heterocycles. The lowest BCUT2D eigenvalue weighted by Gasteiger charge is -2.29. The number of benzene rings is 1. The van der Waals surface area contributed by atoms with Crippen LogP contribution in [0.4, 0.5) is 0 Å².